The average molecular weight is 458 g/mol. The van der Waals surface area contributed by atoms with Crippen LogP contribution in [0.4, 0.5) is 0 Å². The van der Waals surface area contributed by atoms with Crippen LogP contribution in [-0.4, -0.2) is 20.4 Å². The van der Waals surface area contributed by atoms with Gasteiger partial charge in [-0.3, -0.25) is 0 Å². The highest BCUT2D eigenvalue weighted by molar-refractivity contribution is 7.89. The molecular formula is C24H27NO6S. The molecule has 2 aromatic carbocycles. The van der Waals surface area contributed by atoms with Gasteiger partial charge in [-0.05, 0) is 63.4 Å². The maximum Gasteiger partial charge on any atom is 0.336 e. The Bertz CT molecular complexity index is 1290. The second-order valence-corrected chi connectivity index (χ2v) is 9.55. The van der Waals surface area contributed by atoms with Crippen molar-refractivity contribution in [2.75, 3.05) is 0 Å². The van der Waals surface area contributed by atoms with E-state index >= 15 is 0 Å². The van der Waals surface area contributed by atoms with Gasteiger partial charge in [-0.25, -0.2) is 18.0 Å². The molecule has 3 aromatic rings. The van der Waals surface area contributed by atoms with Crippen LogP contribution in [0, 0.1) is 13.8 Å². The van der Waals surface area contributed by atoms with Gasteiger partial charge in [0.15, 0.2) is 0 Å². The van der Waals surface area contributed by atoms with Crippen LogP contribution < -0.4 is 15.1 Å². The van der Waals surface area contributed by atoms with E-state index < -0.39 is 27.7 Å². The summed E-state index contributed by atoms with van der Waals surface area (Å²) in [5.74, 6) is -0.563. The van der Waals surface area contributed by atoms with Crippen molar-refractivity contribution in [2.24, 2.45) is 0 Å². The third-order valence-electron chi connectivity index (χ3n) is 5.22. The van der Waals surface area contributed by atoms with E-state index in [0.29, 0.717) is 11.1 Å². The van der Waals surface area contributed by atoms with Crippen molar-refractivity contribution in [3.8, 4) is 5.75 Å². The Labute approximate surface area is 187 Å². The summed E-state index contributed by atoms with van der Waals surface area (Å²) in [6, 6.07) is 10.1. The first kappa shape index (κ1) is 23.7. The minimum atomic E-state index is -3.89. The van der Waals surface area contributed by atoms with Crippen molar-refractivity contribution in [1.29, 1.82) is 0 Å². The molecule has 0 saturated heterocycles. The first-order chi connectivity index (χ1) is 15.1. The van der Waals surface area contributed by atoms with E-state index in [2.05, 4.69) is 11.6 Å². The van der Waals surface area contributed by atoms with Crippen LogP contribution in [0.25, 0.3) is 11.0 Å². The predicted molar refractivity (Wildman–Crippen MR) is 122 cm³/mol. The molecule has 32 heavy (non-hydrogen) atoms. The lowest BCUT2D eigenvalue weighted by atomic mass is 10.0. The molecule has 170 valence electrons. The molecule has 8 heteroatoms. The number of sulfonamides is 1. The molecule has 1 heterocycles. The molecule has 3 rings (SSSR count). The van der Waals surface area contributed by atoms with E-state index in [1.807, 2.05) is 6.92 Å². The Morgan fingerprint density at radius 1 is 1.12 bits per heavy atom. The van der Waals surface area contributed by atoms with Gasteiger partial charge in [0, 0.05) is 17.0 Å². The van der Waals surface area contributed by atoms with Gasteiger partial charge >= 0.3 is 11.6 Å². The Balaban J connectivity index is 1.82. The van der Waals surface area contributed by atoms with Crippen molar-refractivity contribution < 1.29 is 22.4 Å². The highest BCUT2D eigenvalue weighted by Crippen LogP contribution is 2.29. The van der Waals surface area contributed by atoms with Crippen LogP contribution in [0.5, 0.6) is 5.75 Å². The van der Waals surface area contributed by atoms with Crippen LogP contribution in [0.2, 0.25) is 0 Å². The van der Waals surface area contributed by atoms with E-state index in [1.54, 1.807) is 31.2 Å². The second-order valence-electron chi connectivity index (χ2n) is 7.84. The molecule has 0 fully saturated rings. The monoisotopic (exact) mass is 457 g/mol. The minimum Gasteiger partial charge on any atom is -0.425 e. The van der Waals surface area contributed by atoms with Crippen molar-refractivity contribution >= 4 is 27.0 Å². The van der Waals surface area contributed by atoms with Crippen LogP contribution in [0.1, 0.15) is 43.4 Å². The highest BCUT2D eigenvalue weighted by Gasteiger charge is 2.24. The second kappa shape index (κ2) is 9.67. The smallest absolute Gasteiger partial charge is 0.336 e. The molecule has 0 aliphatic carbocycles. The minimum absolute atomic E-state index is 0.0611. The molecule has 1 atom stereocenters. The standard InChI is InChI=1S/C24H27NO6S/c1-5-6-7-18-14-22(26)31-23-16(3)21(13-12-20(18)23)30-24(27)17(4)25-32(28,29)19-10-8-15(2)9-11-19/h8-14,17,25H,5-7H2,1-4H3. The van der Waals surface area contributed by atoms with E-state index in [0.717, 1.165) is 35.8 Å². The number of fused-ring (bicyclic) bond motifs is 1. The summed E-state index contributed by atoms with van der Waals surface area (Å²) >= 11 is 0. The SMILES string of the molecule is CCCCc1cc(=O)oc2c(C)c(OC(=O)C(C)NS(=O)(=O)c3ccc(C)cc3)ccc12. The summed E-state index contributed by atoms with van der Waals surface area (Å²) in [6.07, 6.45) is 2.68. The zero-order valence-corrected chi connectivity index (χ0v) is 19.4. The number of carbonyl (C=O) groups is 1. The molecule has 7 nitrogen and oxygen atoms in total. The van der Waals surface area contributed by atoms with Crippen LogP contribution in [0.3, 0.4) is 0 Å². The largest absolute Gasteiger partial charge is 0.425 e. The molecule has 0 bridgehead atoms. The van der Waals surface area contributed by atoms with Crippen molar-refractivity contribution in [3.05, 3.63) is 69.6 Å². The normalized spacial score (nSPS) is 12.6. The van der Waals surface area contributed by atoms with Crippen molar-refractivity contribution in [2.45, 2.75) is 57.9 Å². The summed E-state index contributed by atoms with van der Waals surface area (Å²) in [6.45, 7) is 7.03. The fraction of sp³-hybridized carbons (Fsp3) is 0.333. The number of esters is 1. The lowest BCUT2D eigenvalue weighted by Crippen LogP contribution is -2.40. The third-order valence-corrected chi connectivity index (χ3v) is 6.78. The molecule has 0 spiro atoms. The molecule has 0 aliphatic heterocycles. The number of hydrogen-bond donors (Lipinski definition) is 1. The Morgan fingerprint density at radius 3 is 2.47 bits per heavy atom. The molecule has 0 aliphatic rings. The molecule has 1 N–H and O–H groups in total. The van der Waals surface area contributed by atoms with Crippen molar-refractivity contribution in [1.82, 2.24) is 4.72 Å². The fourth-order valence-corrected chi connectivity index (χ4v) is 4.55. The zero-order valence-electron chi connectivity index (χ0n) is 18.6. The van der Waals surface area contributed by atoms with E-state index in [1.165, 1.54) is 25.1 Å². The van der Waals surface area contributed by atoms with Gasteiger partial charge in [0.2, 0.25) is 10.0 Å². The number of rotatable bonds is 8. The van der Waals surface area contributed by atoms with E-state index in [9.17, 15) is 18.0 Å². The summed E-state index contributed by atoms with van der Waals surface area (Å²) in [4.78, 5) is 24.7. The highest BCUT2D eigenvalue weighted by atomic mass is 32.2. The Hall–Kier alpha value is -2.97. The lowest BCUT2D eigenvalue weighted by Gasteiger charge is -2.15. The molecule has 0 radical (unpaired) electrons. The molecular weight excluding hydrogens is 430 g/mol. The Kier molecular flexibility index (Phi) is 7.16. The number of nitrogens with one attached hydrogen (secondary N) is 1. The van der Waals surface area contributed by atoms with E-state index in [4.69, 9.17) is 9.15 Å². The number of aryl methyl sites for hydroxylation is 3. The molecule has 0 amide bonds. The maximum atomic E-state index is 12.6. The van der Waals surface area contributed by atoms with Gasteiger partial charge in [0.25, 0.3) is 0 Å². The first-order valence-corrected chi connectivity index (χ1v) is 12.0. The summed E-state index contributed by atoms with van der Waals surface area (Å²) < 4.78 is 38.3. The van der Waals surface area contributed by atoms with Gasteiger partial charge in [-0.1, -0.05) is 31.0 Å². The predicted octanol–water partition coefficient (Wildman–Crippen LogP) is 4.02. The lowest BCUT2D eigenvalue weighted by molar-refractivity contribution is -0.135. The van der Waals surface area contributed by atoms with Crippen molar-refractivity contribution in [3.63, 3.8) is 0 Å². The topological polar surface area (TPSA) is 103 Å². The molecule has 1 aromatic heterocycles. The van der Waals surface area contributed by atoms with Crippen LogP contribution in [-0.2, 0) is 21.2 Å². The van der Waals surface area contributed by atoms with Crippen LogP contribution >= 0.6 is 0 Å². The Morgan fingerprint density at radius 2 is 1.81 bits per heavy atom. The molecule has 0 saturated carbocycles. The first-order valence-electron chi connectivity index (χ1n) is 10.5. The van der Waals surface area contributed by atoms with Gasteiger partial charge in [-0.15, -0.1) is 0 Å². The number of hydrogen-bond acceptors (Lipinski definition) is 6. The van der Waals surface area contributed by atoms with Gasteiger partial charge in [0.1, 0.15) is 17.4 Å². The summed E-state index contributed by atoms with van der Waals surface area (Å²) in [5.41, 5.74) is 2.21. The van der Waals surface area contributed by atoms with Gasteiger partial charge in [0.05, 0.1) is 4.90 Å². The number of ether oxygens (including phenoxy) is 1. The maximum absolute atomic E-state index is 12.6. The number of unbranched alkanes of at least 4 members (excludes halogenated alkanes) is 1. The summed E-state index contributed by atoms with van der Waals surface area (Å²) in [7, 11) is -3.89. The molecule has 1 unspecified atom stereocenters. The van der Waals surface area contributed by atoms with Gasteiger partial charge < -0.3 is 9.15 Å². The summed E-state index contributed by atoms with van der Waals surface area (Å²) in [5, 5.41) is 0.795. The zero-order chi connectivity index (χ0) is 23.5. The third kappa shape index (κ3) is 5.26. The quantitative estimate of drug-likeness (QED) is 0.311. The number of benzene rings is 2. The van der Waals surface area contributed by atoms with Gasteiger partial charge in [-0.2, -0.15) is 4.72 Å². The van der Waals surface area contributed by atoms with E-state index in [-0.39, 0.29) is 10.6 Å². The number of carbonyl (C=O) groups excluding carboxylic acids is 1. The van der Waals surface area contributed by atoms with Crippen LogP contribution in [0.15, 0.2) is 56.6 Å². The fourth-order valence-electron chi connectivity index (χ4n) is 3.36. The average Bonchev–Trinajstić information content (AvgIpc) is 2.74.